The number of nitrogen functional groups attached to an aromatic ring is 1. The van der Waals surface area contributed by atoms with Gasteiger partial charge in [0.05, 0.1) is 5.69 Å². The molecule has 1 rings (SSSR count). The van der Waals surface area contributed by atoms with Crippen molar-refractivity contribution in [2.24, 2.45) is 5.14 Å². The van der Waals surface area contributed by atoms with Crippen molar-refractivity contribution in [3.05, 3.63) is 17.7 Å². The first-order valence-electron chi connectivity index (χ1n) is 4.92. The van der Waals surface area contributed by atoms with Crippen LogP contribution in [0.1, 0.15) is 18.9 Å². The van der Waals surface area contributed by atoms with Crippen molar-refractivity contribution in [1.82, 2.24) is 0 Å². The molecule has 0 fully saturated rings. The Morgan fingerprint density at radius 1 is 1.38 bits per heavy atom. The van der Waals surface area contributed by atoms with Gasteiger partial charge in [-0.15, -0.1) is 11.8 Å². The number of rotatable bonds is 4. The molecule has 0 amide bonds. The predicted molar refractivity (Wildman–Crippen MR) is 68.0 cm³/mol. The summed E-state index contributed by atoms with van der Waals surface area (Å²) in [5, 5.41) is 5.09. The molecule has 4 nitrogen and oxygen atoms in total. The van der Waals surface area contributed by atoms with Crippen molar-refractivity contribution >= 4 is 27.5 Å². The number of nitrogens with two attached hydrogens (primary N) is 2. The van der Waals surface area contributed by atoms with Crippen LogP contribution in [0, 0.1) is 6.92 Å². The third-order valence-corrected chi connectivity index (χ3v) is 4.41. The summed E-state index contributed by atoms with van der Waals surface area (Å²) in [6.07, 6.45) is 1.03. The number of thioether (sulfide) groups is 1. The summed E-state index contributed by atoms with van der Waals surface area (Å²) in [5.41, 5.74) is 6.82. The van der Waals surface area contributed by atoms with E-state index in [2.05, 4.69) is 6.92 Å². The number of anilines is 1. The average molecular weight is 260 g/mol. The molecule has 6 heteroatoms. The lowest BCUT2D eigenvalue weighted by atomic mass is 10.2. The van der Waals surface area contributed by atoms with Crippen LogP contribution in [0.5, 0.6) is 0 Å². The Labute approximate surface area is 100 Å². The van der Waals surface area contributed by atoms with E-state index in [0.717, 1.165) is 22.6 Å². The molecule has 90 valence electrons. The van der Waals surface area contributed by atoms with Crippen LogP contribution in [0.4, 0.5) is 5.69 Å². The second-order valence-corrected chi connectivity index (χ2v) is 6.22. The minimum atomic E-state index is -3.74. The molecule has 4 N–H and O–H groups in total. The fourth-order valence-electron chi connectivity index (χ4n) is 1.31. The van der Waals surface area contributed by atoms with E-state index in [9.17, 15) is 8.42 Å². The van der Waals surface area contributed by atoms with Gasteiger partial charge in [-0.05, 0) is 36.8 Å². The van der Waals surface area contributed by atoms with Gasteiger partial charge in [-0.25, -0.2) is 13.6 Å². The molecule has 0 saturated carbocycles. The monoisotopic (exact) mass is 260 g/mol. The summed E-state index contributed by atoms with van der Waals surface area (Å²) >= 11 is 1.61. The van der Waals surface area contributed by atoms with Gasteiger partial charge in [0.15, 0.2) is 0 Å². The van der Waals surface area contributed by atoms with Crippen LogP contribution >= 0.6 is 11.8 Å². The highest BCUT2D eigenvalue weighted by molar-refractivity contribution is 7.99. The minimum Gasteiger partial charge on any atom is -0.398 e. The number of primary sulfonamides is 1. The maximum atomic E-state index is 11.3. The molecule has 0 aromatic heterocycles. The summed E-state index contributed by atoms with van der Waals surface area (Å²) in [6, 6.07) is 3.21. The molecule has 0 spiro atoms. The van der Waals surface area contributed by atoms with Crippen molar-refractivity contribution in [3.8, 4) is 0 Å². The summed E-state index contributed by atoms with van der Waals surface area (Å²) < 4.78 is 22.6. The van der Waals surface area contributed by atoms with Crippen molar-refractivity contribution in [1.29, 1.82) is 0 Å². The lowest BCUT2D eigenvalue weighted by Gasteiger charge is -2.09. The van der Waals surface area contributed by atoms with E-state index in [0.29, 0.717) is 0 Å². The Bertz CT molecular complexity index is 484. The molecule has 1 aromatic carbocycles. The van der Waals surface area contributed by atoms with Gasteiger partial charge < -0.3 is 5.73 Å². The van der Waals surface area contributed by atoms with Gasteiger partial charge in [-0.1, -0.05) is 6.92 Å². The van der Waals surface area contributed by atoms with Gasteiger partial charge in [0.2, 0.25) is 10.0 Å². The van der Waals surface area contributed by atoms with E-state index in [4.69, 9.17) is 10.9 Å². The van der Waals surface area contributed by atoms with Crippen LogP contribution < -0.4 is 10.9 Å². The maximum absolute atomic E-state index is 11.3. The molecule has 0 aliphatic heterocycles. The summed E-state index contributed by atoms with van der Waals surface area (Å²) in [6.45, 7) is 3.97. The Morgan fingerprint density at radius 2 is 2.00 bits per heavy atom. The first-order valence-corrected chi connectivity index (χ1v) is 7.45. The lowest BCUT2D eigenvalue weighted by molar-refractivity contribution is 0.598. The molecule has 0 saturated heterocycles. The van der Waals surface area contributed by atoms with Gasteiger partial charge in [-0.3, -0.25) is 0 Å². The van der Waals surface area contributed by atoms with E-state index < -0.39 is 10.0 Å². The number of aryl methyl sites for hydroxylation is 1. The zero-order valence-electron chi connectivity index (χ0n) is 9.36. The Balaban J connectivity index is 3.22. The smallest absolute Gasteiger partial charge is 0.240 e. The van der Waals surface area contributed by atoms with Crippen LogP contribution in [0.25, 0.3) is 0 Å². The van der Waals surface area contributed by atoms with E-state index >= 15 is 0 Å². The predicted octanol–water partition coefficient (Wildman–Crippen LogP) is 1.73. The number of hydrogen-bond acceptors (Lipinski definition) is 4. The first kappa shape index (κ1) is 13.3. The first-order chi connectivity index (χ1) is 7.36. The molecule has 1 aromatic rings. The van der Waals surface area contributed by atoms with Gasteiger partial charge in [0, 0.05) is 4.90 Å². The lowest BCUT2D eigenvalue weighted by Crippen LogP contribution is -2.14. The topological polar surface area (TPSA) is 86.2 Å². The van der Waals surface area contributed by atoms with Crippen LogP contribution in [0.2, 0.25) is 0 Å². The third-order valence-electron chi connectivity index (χ3n) is 2.08. The summed E-state index contributed by atoms with van der Waals surface area (Å²) in [7, 11) is -3.74. The standard InChI is InChI=1S/C10H16N2O2S2/c1-3-4-15-9-6-10(16(12,13)14)8(11)5-7(9)2/h5-6H,3-4,11H2,1-2H3,(H2,12,13,14). The summed E-state index contributed by atoms with van der Waals surface area (Å²) in [5.74, 6) is 0.939. The molecule has 0 aliphatic rings. The molecular weight excluding hydrogens is 244 g/mol. The molecule has 0 radical (unpaired) electrons. The molecule has 0 atom stereocenters. The molecule has 0 bridgehead atoms. The molecule has 0 unspecified atom stereocenters. The quantitative estimate of drug-likeness (QED) is 0.637. The SMILES string of the molecule is CCCSc1cc(S(N)(=O)=O)c(N)cc1C. The molecule has 0 heterocycles. The zero-order chi connectivity index (χ0) is 12.3. The zero-order valence-corrected chi connectivity index (χ0v) is 11.0. The number of benzene rings is 1. The molecule has 16 heavy (non-hydrogen) atoms. The van der Waals surface area contributed by atoms with Crippen LogP contribution in [-0.2, 0) is 10.0 Å². The van der Waals surface area contributed by atoms with E-state index in [-0.39, 0.29) is 10.6 Å². The summed E-state index contributed by atoms with van der Waals surface area (Å²) in [4.78, 5) is 0.928. The van der Waals surface area contributed by atoms with Gasteiger partial charge in [0.25, 0.3) is 0 Å². The molecular formula is C10H16N2O2S2. The third kappa shape index (κ3) is 3.13. The normalized spacial score (nSPS) is 11.7. The fourth-order valence-corrected chi connectivity index (χ4v) is 2.96. The average Bonchev–Trinajstić information content (AvgIpc) is 2.14. The highest BCUT2D eigenvalue weighted by Crippen LogP contribution is 2.29. The Kier molecular flexibility index (Phi) is 4.23. The van der Waals surface area contributed by atoms with E-state index in [1.54, 1.807) is 23.9 Å². The largest absolute Gasteiger partial charge is 0.398 e. The van der Waals surface area contributed by atoms with Crippen molar-refractivity contribution < 1.29 is 8.42 Å². The second-order valence-electron chi connectivity index (χ2n) is 3.55. The van der Waals surface area contributed by atoms with Gasteiger partial charge in [0.1, 0.15) is 4.90 Å². The maximum Gasteiger partial charge on any atom is 0.240 e. The van der Waals surface area contributed by atoms with Crippen molar-refractivity contribution in [2.75, 3.05) is 11.5 Å². The Hall–Kier alpha value is -0.720. The van der Waals surface area contributed by atoms with E-state index in [1.165, 1.54) is 0 Å². The van der Waals surface area contributed by atoms with Crippen molar-refractivity contribution in [3.63, 3.8) is 0 Å². The van der Waals surface area contributed by atoms with Gasteiger partial charge >= 0.3 is 0 Å². The van der Waals surface area contributed by atoms with Crippen LogP contribution in [-0.4, -0.2) is 14.2 Å². The van der Waals surface area contributed by atoms with Crippen LogP contribution in [0.3, 0.4) is 0 Å². The van der Waals surface area contributed by atoms with E-state index in [1.807, 2.05) is 6.92 Å². The van der Waals surface area contributed by atoms with Crippen molar-refractivity contribution in [2.45, 2.75) is 30.1 Å². The number of hydrogen-bond donors (Lipinski definition) is 2. The minimum absolute atomic E-state index is 0.0108. The van der Waals surface area contributed by atoms with Gasteiger partial charge in [-0.2, -0.15) is 0 Å². The number of sulfonamides is 1. The highest BCUT2D eigenvalue weighted by Gasteiger charge is 2.14. The second kappa shape index (κ2) is 5.07. The Morgan fingerprint density at radius 3 is 2.50 bits per heavy atom. The fraction of sp³-hybridized carbons (Fsp3) is 0.400. The highest BCUT2D eigenvalue weighted by atomic mass is 32.2. The van der Waals surface area contributed by atoms with Crippen LogP contribution in [0.15, 0.2) is 21.9 Å². The molecule has 0 aliphatic carbocycles.